The first-order valence-electron chi connectivity index (χ1n) is 5.54. The van der Waals surface area contributed by atoms with Crippen LogP contribution in [0, 0.1) is 6.92 Å². The summed E-state index contributed by atoms with van der Waals surface area (Å²) in [5.74, 6) is 2.16. The van der Waals surface area contributed by atoms with Gasteiger partial charge in [0.15, 0.2) is 0 Å². The molecule has 3 nitrogen and oxygen atoms in total. The SMILES string of the molecule is CCC(CSC)N(C)c1ncc(N)cc1C. The van der Waals surface area contributed by atoms with Crippen LogP contribution in [0.4, 0.5) is 11.5 Å². The van der Waals surface area contributed by atoms with Crippen LogP contribution >= 0.6 is 11.8 Å². The number of thioether (sulfide) groups is 1. The van der Waals surface area contributed by atoms with Gasteiger partial charge in [-0.2, -0.15) is 11.8 Å². The average molecular weight is 239 g/mol. The van der Waals surface area contributed by atoms with Crippen molar-refractivity contribution in [3.8, 4) is 0 Å². The van der Waals surface area contributed by atoms with E-state index in [0.717, 1.165) is 29.2 Å². The number of nitrogens with two attached hydrogens (primary N) is 1. The Bertz CT molecular complexity index is 341. The predicted molar refractivity (Wildman–Crippen MR) is 74.3 cm³/mol. The molecular formula is C12H21N3S. The van der Waals surface area contributed by atoms with Gasteiger partial charge in [-0.1, -0.05) is 6.92 Å². The highest BCUT2D eigenvalue weighted by atomic mass is 32.2. The second-order valence-electron chi connectivity index (χ2n) is 4.04. The molecule has 1 unspecified atom stereocenters. The maximum atomic E-state index is 5.71. The lowest BCUT2D eigenvalue weighted by Crippen LogP contribution is -2.34. The van der Waals surface area contributed by atoms with Crippen LogP contribution in [-0.4, -0.2) is 30.1 Å². The topological polar surface area (TPSA) is 42.2 Å². The second kappa shape index (κ2) is 5.99. The number of anilines is 2. The van der Waals surface area contributed by atoms with Gasteiger partial charge in [-0.25, -0.2) is 4.98 Å². The molecule has 1 aromatic heterocycles. The quantitative estimate of drug-likeness (QED) is 0.857. The molecule has 16 heavy (non-hydrogen) atoms. The summed E-state index contributed by atoms with van der Waals surface area (Å²) in [4.78, 5) is 6.68. The number of aryl methyl sites for hydroxylation is 1. The van der Waals surface area contributed by atoms with Gasteiger partial charge < -0.3 is 10.6 Å². The monoisotopic (exact) mass is 239 g/mol. The summed E-state index contributed by atoms with van der Waals surface area (Å²) in [6.07, 6.45) is 4.99. The van der Waals surface area contributed by atoms with Crippen LogP contribution in [0.15, 0.2) is 12.3 Å². The minimum absolute atomic E-state index is 0.532. The summed E-state index contributed by atoms with van der Waals surface area (Å²) in [5.41, 5.74) is 7.58. The Morgan fingerprint density at radius 2 is 2.25 bits per heavy atom. The van der Waals surface area contributed by atoms with E-state index in [4.69, 9.17) is 5.73 Å². The van der Waals surface area contributed by atoms with Gasteiger partial charge in [0, 0.05) is 18.8 Å². The van der Waals surface area contributed by atoms with E-state index >= 15 is 0 Å². The highest BCUT2D eigenvalue weighted by Gasteiger charge is 2.15. The van der Waals surface area contributed by atoms with Crippen molar-refractivity contribution in [2.75, 3.05) is 29.7 Å². The standard InChI is InChI=1S/C12H21N3S/c1-5-11(8-16-4)15(3)12-9(2)6-10(13)7-14-12/h6-7,11H,5,8,13H2,1-4H3. The molecule has 90 valence electrons. The van der Waals surface area contributed by atoms with Crippen molar-refractivity contribution >= 4 is 23.3 Å². The molecular weight excluding hydrogens is 218 g/mol. The van der Waals surface area contributed by atoms with Gasteiger partial charge in [-0.3, -0.25) is 0 Å². The summed E-state index contributed by atoms with van der Waals surface area (Å²) in [6.45, 7) is 4.27. The van der Waals surface area contributed by atoms with E-state index in [1.807, 2.05) is 17.8 Å². The second-order valence-corrected chi connectivity index (χ2v) is 4.95. The molecule has 0 saturated heterocycles. The molecule has 1 rings (SSSR count). The van der Waals surface area contributed by atoms with Gasteiger partial charge in [0.2, 0.25) is 0 Å². The van der Waals surface area contributed by atoms with Crippen molar-refractivity contribution in [3.05, 3.63) is 17.8 Å². The van der Waals surface area contributed by atoms with Crippen LogP contribution in [0.25, 0.3) is 0 Å². The van der Waals surface area contributed by atoms with Gasteiger partial charge in [0.25, 0.3) is 0 Å². The summed E-state index contributed by atoms with van der Waals surface area (Å²) in [6, 6.07) is 2.51. The van der Waals surface area contributed by atoms with Crippen molar-refractivity contribution in [1.82, 2.24) is 4.98 Å². The van der Waals surface area contributed by atoms with Crippen molar-refractivity contribution in [2.24, 2.45) is 0 Å². The van der Waals surface area contributed by atoms with Crippen molar-refractivity contribution in [3.63, 3.8) is 0 Å². The molecule has 1 heterocycles. The van der Waals surface area contributed by atoms with E-state index in [9.17, 15) is 0 Å². The molecule has 0 fully saturated rings. The Balaban J connectivity index is 2.89. The van der Waals surface area contributed by atoms with Crippen LogP contribution in [0.1, 0.15) is 18.9 Å². The number of aromatic nitrogens is 1. The van der Waals surface area contributed by atoms with Gasteiger partial charge in [-0.15, -0.1) is 0 Å². The summed E-state index contributed by atoms with van der Waals surface area (Å²) in [7, 11) is 2.11. The van der Waals surface area contributed by atoms with Crippen molar-refractivity contribution < 1.29 is 0 Å². The molecule has 0 saturated carbocycles. The molecule has 0 radical (unpaired) electrons. The smallest absolute Gasteiger partial charge is 0.131 e. The minimum Gasteiger partial charge on any atom is -0.397 e. The fourth-order valence-corrected chi connectivity index (χ4v) is 2.67. The third kappa shape index (κ3) is 3.04. The van der Waals surface area contributed by atoms with Crippen molar-refractivity contribution in [1.29, 1.82) is 0 Å². The van der Waals surface area contributed by atoms with E-state index < -0.39 is 0 Å². The lowest BCUT2D eigenvalue weighted by atomic mass is 10.2. The highest BCUT2D eigenvalue weighted by molar-refractivity contribution is 7.98. The normalized spacial score (nSPS) is 12.5. The molecule has 0 aliphatic carbocycles. The zero-order valence-corrected chi connectivity index (χ0v) is 11.3. The van der Waals surface area contributed by atoms with Crippen LogP contribution in [-0.2, 0) is 0 Å². The molecule has 4 heteroatoms. The van der Waals surface area contributed by atoms with Crippen LogP contribution in [0.5, 0.6) is 0 Å². The first-order valence-corrected chi connectivity index (χ1v) is 6.93. The molecule has 0 amide bonds. The van der Waals surface area contributed by atoms with Gasteiger partial charge in [0.05, 0.1) is 11.9 Å². The van der Waals surface area contributed by atoms with E-state index in [1.54, 1.807) is 6.20 Å². The molecule has 0 aliphatic heterocycles. The number of pyridine rings is 1. The van der Waals surface area contributed by atoms with E-state index in [0.29, 0.717) is 6.04 Å². The Hall–Kier alpha value is -0.900. The molecule has 1 atom stereocenters. The number of hydrogen-bond donors (Lipinski definition) is 1. The van der Waals surface area contributed by atoms with E-state index in [-0.39, 0.29) is 0 Å². The first kappa shape index (κ1) is 13.2. The number of hydrogen-bond acceptors (Lipinski definition) is 4. The fraction of sp³-hybridized carbons (Fsp3) is 0.583. The number of nitrogen functional groups attached to an aromatic ring is 1. The average Bonchev–Trinajstić information content (AvgIpc) is 2.25. The summed E-state index contributed by atoms with van der Waals surface area (Å²) >= 11 is 1.87. The largest absolute Gasteiger partial charge is 0.397 e. The van der Waals surface area contributed by atoms with Crippen molar-refractivity contribution in [2.45, 2.75) is 26.3 Å². The third-order valence-electron chi connectivity index (χ3n) is 2.78. The Morgan fingerprint density at radius 1 is 1.56 bits per heavy atom. The lowest BCUT2D eigenvalue weighted by Gasteiger charge is -2.29. The van der Waals surface area contributed by atoms with Crippen LogP contribution in [0.2, 0.25) is 0 Å². The number of rotatable bonds is 5. The van der Waals surface area contributed by atoms with Gasteiger partial charge in [-0.05, 0) is 31.2 Å². The highest BCUT2D eigenvalue weighted by Crippen LogP contribution is 2.21. The summed E-state index contributed by atoms with van der Waals surface area (Å²) < 4.78 is 0. The molecule has 0 spiro atoms. The van der Waals surface area contributed by atoms with Gasteiger partial charge >= 0.3 is 0 Å². The third-order valence-corrected chi connectivity index (χ3v) is 3.50. The minimum atomic E-state index is 0.532. The Kier molecular flexibility index (Phi) is 4.93. The molecule has 1 aromatic rings. The Labute approximate surface area is 102 Å². The zero-order chi connectivity index (χ0) is 12.1. The van der Waals surface area contributed by atoms with E-state index in [2.05, 4.69) is 37.0 Å². The number of nitrogens with zero attached hydrogens (tertiary/aromatic N) is 2. The van der Waals surface area contributed by atoms with Crippen LogP contribution < -0.4 is 10.6 Å². The zero-order valence-electron chi connectivity index (χ0n) is 10.5. The Morgan fingerprint density at radius 3 is 2.75 bits per heavy atom. The molecule has 2 N–H and O–H groups in total. The first-order chi connectivity index (χ1) is 7.60. The molecule has 0 aliphatic rings. The summed E-state index contributed by atoms with van der Waals surface area (Å²) in [5, 5.41) is 0. The molecule has 0 aromatic carbocycles. The lowest BCUT2D eigenvalue weighted by molar-refractivity contribution is 0.664. The predicted octanol–water partition coefficient (Wildman–Crippen LogP) is 2.55. The van der Waals surface area contributed by atoms with Gasteiger partial charge in [0.1, 0.15) is 5.82 Å². The maximum absolute atomic E-state index is 5.71. The molecule has 0 bridgehead atoms. The fourth-order valence-electron chi connectivity index (χ4n) is 1.83. The van der Waals surface area contributed by atoms with E-state index in [1.165, 1.54) is 0 Å². The maximum Gasteiger partial charge on any atom is 0.131 e. The van der Waals surface area contributed by atoms with Crippen LogP contribution in [0.3, 0.4) is 0 Å².